The minimum atomic E-state index is -3.90. The van der Waals surface area contributed by atoms with Crippen LogP contribution in [0.5, 0.6) is 0 Å². The van der Waals surface area contributed by atoms with Gasteiger partial charge in [0.2, 0.25) is 0 Å². The minimum absolute atomic E-state index is 0.0117. The van der Waals surface area contributed by atoms with Crippen LogP contribution < -0.4 is 4.72 Å². The third-order valence-corrected chi connectivity index (χ3v) is 6.78. The normalized spacial score (nSPS) is 11.6. The van der Waals surface area contributed by atoms with Crippen molar-refractivity contribution in [3.8, 4) is 21.8 Å². The molecule has 0 aliphatic rings. The van der Waals surface area contributed by atoms with Crippen LogP contribution in [0, 0.1) is 19.7 Å². The van der Waals surface area contributed by atoms with Crippen molar-refractivity contribution in [3.05, 3.63) is 71.2 Å². The standard InChI is InChI=1S/C20H16FN3O3S2/c1-12-19(13(2)27-23-12)29(25,26)24-17-10-6-4-8-15(17)18-11-28-20(22-18)14-7-3-5-9-16(14)21/h3-11,24H,1-2H3. The van der Waals surface area contributed by atoms with Gasteiger partial charge in [0.15, 0.2) is 10.7 Å². The lowest BCUT2D eigenvalue weighted by Gasteiger charge is -2.11. The molecule has 2 aromatic carbocycles. The van der Waals surface area contributed by atoms with E-state index >= 15 is 0 Å². The topological polar surface area (TPSA) is 85.1 Å². The molecule has 0 aliphatic heterocycles. The maximum Gasteiger partial charge on any atom is 0.267 e. The lowest BCUT2D eigenvalue weighted by atomic mass is 10.1. The minimum Gasteiger partial charge on any atom is -0.360 e. The van der Waals surface area contributed by atoms with Gasteiger partial charge in [-0.25, -0.2) is 17.8 Å². The van der Waals surface area contributed by atoms with Crippen molar-refractivity contribution in [2.24, 2.45) is 0 Å². The van der Waals surface area contributed by atoms with Gasteiger partial charge in [0.1, 0.15) is 16.5 Å². The summed E-state index contributed by atoms with van der Waals surface area (Å²) in [5.41, 5.74) is 2.17. The van der Waals surface area contributed by atoms with Gasteiger partial charge in [-0.3, -0.25) is 4.72 Å². The zero-order valence-corrected chi connectivity index (χ0v) is 17.1. The number of sulfonamides is 1. The number of anilines is 1. The van der Waals surface area contributed by atoms with Crippen LogP contribution in [-0.2, 0) is 10.0 Å². The van der Waals surface area contributed by atoms with Crippen molar-refractivity contribution in [2.75, 3.05) is 4.72 Å². The fourth-order valence-corrected chi connectivity index (χ4v) is 5.26. The van der Waals surface area contributed by atoms with Gasteiger partial charge >= 0.3 is 0 Å². The number of thiazole rings is 1. The fraction of sp³-hybridized carbons (Fsp3) is 0.100. The average Bonchev–Trinajstić information content (AvgIpc) is 3.29. The van der Waals surface area contributed by atoms with Crippen molar-refractivity contribution in [3.63, 3.8) is 0 Å². The van der Waals surface area contributed by atoms with E-state index in [9.17, 15) is 12.8 Å². The third kappa shape index (κ3) is 3.66. The van der Waals surface area contributed by atoms with Crippen LogP contribution >= 0.6 is 11.3 Å². The van der Waals surface area contributed by atoms with Crippen LogP contribution in [0.15, 0.2) is 63.3 Å². The Balaban J connectivity index is 1.73. The van der Waals surface area contributed by atoms with Crippen LogP contribution in [0.25, 0.3) is 21.8 Å². The van der Waals surface area contributed by atoms with Crippen molar-refractivity contribution >= 4 is 27.0 Å². The maximum absolute atomic E-state index is 14.1. The number of aryl methyl sites for hydroxylation is 2. The number of nitrogens with one attached hydrogen (secondary N) is 1. The summed E-state index contributed by atoms with van der Waals surface area (Å²) in [5, 5.41) is 5.99. The maximum atomic E-state index is 14.1. The number of para-hydroxylation sites is 1. The number of hydrogen-bond donors (Lipinski definition) is 1. The van der Waals surface area contributed by atoms with Gasteiger partial charge in [-0.05, 0) is 32.0 Å². The second-order valence-electron chi connectivity index (χ2n) is 6.32. The Labute approximate surface area is 171 Å². The van der Waals surface area contributed by atoms with Gasteiger partial charge in [0.05, 0.1) is 11.4 Å². The molecule has 0 spiro atoms. The lowest BCUT2D eigenvalue weighted by Crippen LogP contribution is -2.15. The van der Waals surface area contributed by atoms with E-state index < -0.39 is 10.0 Å². The van der Waals surface area contributed by atoms with Gasteiger partial charge in [-0.15, -0.1) is 11.3 Å². The Bertz CT molecular complexity index is 1280. The van der Waals surface area contributed by atoms with Gasteiger partial charge in [0, 0.05) is 16.5 Å². The van der Waals surface area contributed by atoms with Crippen molar-refractivity contribution in [1.82, 2.24) is 10.1 Å². The van der Waals surface area contributed by atoms with Gasteiger partial charge in [-0.2, -0.15) is 0 Å². The molecule has 0 fully saturated rings. The quantitative estimate of drug-likeness (QED) is 0.481. The van der Waals surface area contributed by atoms with Gasteiger partial charge in [0.25, 0.3) is 10.0 Å². The predicted octanol–water partition coefficient (Wildman–Crippen LogP) is 5.02. The fourth-order valence-electron chi connectivity index (χ4n) is 3.01. The summed E-state index contributed by atoms with van der Waals surface area (Å²) >= 11 is 1.29. The molecule has 4 aromatic rings. The number of halogens is 1. The molecule has 2 heterocycles. The Morgan fingerprint density at radius 1 is 1.03 bits per heavy atom. The summed E-state index contributed by atoms with van der Waals surface area (Å²) < 4.78 is 47.4. The monoisotopic (exact) mass is 429 g/mol. The van der Waals surface area contributed by atoms with E-state index in [1.807, 2.05) is 0 Å². The molecule has 0 unspecified atom stereocenters. The molecule has 148 valence electrons. The van der Waals surface area contributed by atoms with E-state index in [1.54, 1.807) is 61.7 Å². The summed E-state index contributed by atoms with van der Waals surface area (Å²) in [6.07, 6.45) is 0. The third-order valence-electron chi connectivity index (χ3n) is 4.29. The molecule has 0 radical (unpaired) electrons. The van der Waals surface area contributed by atoms with E-state index in [0.717, 1.165) is 0 Å². The molecule has 1 N–H and O–H groups in total. The number of aromatic nitrogens is 2. The molecular weight excluding hydrogens is 413 g/mol. The summed E-state index contributed by atoms with van der Waals surface area (Å²) in [5.74, 6) is -0.149. The summed E-state index contributed by atoms with van der Waals surface area (Å²) in [4.78, 5) is 4.52. The van der Waals surface area contributed by atoms with E-state index in [1.165, 1.54) is 17.4 Å². The molecule has 0 aliphatic carbocycles. The van der Waals surface area contributed by atoms with E-state index in [-0.39, 0.29) is 22.2 Å². The molecule has 9 heteroatoms. The molecule has 29 heavy (non-hydrogen) atoms. The first kappa shape index (κ1) is 19.3. The molecule has 0 amide bonds. The molecule has 0 bridgehead atoms. The first-order chi connectivity index (χ1) is 13.9. The van der Waals surface area contributed by atoms with Crippen LogP contribution in [0.4, 0.5) is 10.1 Å². The SMILES string of the molecule is Cc1noc(C)c1S(=O)(=O)Nc1ccccc1-c1csc(-c2ccccc2F)n1. The zero-order chi connectivity index (χ0) is 20.6. The van der Waals surface area contributed by atoms with Crippen molar-refractivity contribution < 1.29 is 17.3 Å². The highest BCUT2D eigenvalue weighted by Gasteiger charge is 2.25. The molecule has 4 rings (SSSR count). The smallest absolute Gasteiger partial charge is 0.267 e. The van der Waals surface area contributed by atoms with Crippen molar-refractivity contribution in [1.29, 1.82) is 0 Å². The van der Waals surface area contributed by atoms with Crippen LogP contribution in [-0.4, -0.2) is 18.6 Å². The number of rotatable bonds is 5. The molecule has 0 atom stereocenters. The first-order valence-electron chi connectivity index (χ1n) is 8.62. The van der Waals surface area contributed by atoms with E-state index in [2.05, 4.69) is 14.9 Å². The predicted molar refractivity (Wildman–Crippen MR) is 110 cm³/mol. The van der Waals surface area contributed by atoms with Crippen LogP contribution in [0.2, 0.25) is 0 Å². The lowest BCUT2D eigenvalue weighted by molar-refractivity contribution is 0.390. The largest absolute Gasteiger partial charge is 0.360 e. The molecule has 2 aromatic heterocycles. The van der Waals surface area contributed by atoms with Crippen molar-refractivity contribution in [2.45, 2.75) is 18.7 Å². The highest BCUT2D eigenvalue weighted by atomic mass is 32.2. The van der Waals surface area contributed by atoms with Gasteiger partial charge < -0.3 is 4.52 Å². The Morgan fingerprint density at radius 2 is 1.72 bits per heavy atom. The Morgan fingerprint density at radius 3 is 2.41 bits per heavy atom. The van der Waals surface area contributed by atoms with E-state index in [4.69, 9.17) is 4.52 Å². The Hall–Kier alpha value is -3.04. The van der Waals surface area contributed by atoms with Crippen LogP contribution in [0.1, 0.15) is 11.5 Å². The molecule has 0 saturated carbocycles. The zero-order valence-electron chi connectivity index (χ0n) is 15.5. The highest BCUT2D eigenvalue weighted by Crippen LogP contribution is 2.34. The first-order valence-corrected chi connectivity index (χ1v) is 11.0. The Kier molecular flexibility index (Phi) is 4.93. The second kappa shape index (κ2) is 7.41. The molecule has 6 nitrogen and oxygen atoms in total. The number of benzene rings is 2. The molecular formula is C20H16FN3O3S2. The summed E-state index contributed by atoms with van der Waals surface area (Å²) in [6, 6.07) is 13.3. The van der Waals surface area contributed by atoms with Gasteiger partial charge in [-0.1, -0.05) is 35.5 Å². The number of hydrogen-bond acceptors (Lipinski definition) is 6. The highest BCUT2D eigenvalue weighted by molar-refractivity contribution is 7.92. The average molecular weight is 429 g/mol. The summed E-state index contributed by atoms with van der Waals surface area (Å²) in [7, 11) is -3.90. The van der Waals surface area contributed by atoms with E-state index in [0.29, 0.717) is 27.5 Å². The number of nitrogens with zero attached hydrogens (tertiary/aromatic N) is 2. The van der Waals surface area contributed by atoms with Crippen LogP contribution in [0.3, 0.4) is 0 Å². The summed E-state index contributed by atoms with van der Waals surface area (Å²) in [6.45, 7) is 3.11. The molecule has 0 saturated heterocycles. The second-order valence-corrected chi connectivity index (χ2v) is 8.80.